The maximum absolute atomic E-state index is 12.5. The lowest BCUT2D eigenvalue weighted by Crippen LogP contribution is -2.38. The molecular weight excluding hydrogens is 342 g/mol. The molecule has 0 radical (unpaired) electrons. The topological polar surface area (TPSA) is 61.9 Å². The third-order valence-electron chi connectivity index (χ3n) is 5.55. The first-order chi connectivity index (χ1) is 13.1. The van der Waals surface area contributed by atoms with Gasteiger partial charge in [0.25, 0.3) is 0 Å². The number of methoxy groups -OCH3 is 1. The van der Waals surface area contributed by atoms with E-state index in [1.54, 1.807) is 12.0 Å². The first-order valence-electron chi connectivity index (χ1n) is 10.0. The van der Waals surface area contributed by atoms with Gasteiger partial charge in [0.05, 0.1) is 13.0 Å². The zero-order valence-corrected chi connectivity index (χ0v) is 16.4. The van der Waals surface area contributed by atoms with E-state index in [0.29, 0.717) is 18.8 Å². The number of nitrogens with one attached hydrogen (secondary N) is 1. The highest BCUT2D eigenvalue weighted by molar-refractivity contribution is 6.00. The number of hydrogen-bond acceptors (Lipinski definition) is 4. The number of amides is 2. The Labute approximate surface area is 161 Å². The fourth-order valence-corrected chi connectivity index (χ4v) is 4.06. The van der Waals surface area contributed by atoms with Crippen LogP contribution in [0.3, 0.4) is 0 Å². The summed E-state index contributed by atoms with van der Waals surface area (Å²) in [5.74, 6) is 1.19. The highest BCUT2D eigenvalue weighted by atomic mass is 16.5. The van der Waals surface area contributed by atoms with Crippen LogP contribution >= 0.6 is 0 Å². The molecule has 27 heavy (non-hydrogen) atoms. The van der Waals surface area contributed by atoms with Crippen LogP contribution in [-0.2, 0) is 9.59 Å². The lowest BCUT2D eigenvalue weighted by molar-refractivity contribution is -0.126. The zero-order chi connectivity index (χ0) is 19.2. The molecule has 2 atom stereocenters. The second-order valence-electron chi connectivity index (χ2n) is 7.80. The molecule has 2 aliphatic rings. The molecule has 2 saturated heterocycles. The summed E-state index contributed by atoms with van der Waals surface area (Å²) in [5, 5.41) is 3.02. The predicted octanol–water partition coefficient (Wildman–Crippen LogP) is 2.29. The summed E-state index contributed by atoms with van der Waals surface area (Å²) < 4.78 is 5.22. The van der Waals surface area contributed by atoms with Crippen LogP contribution in [0.5, 0.6) is 5.75 Å². The molecule has 0 aromatic heterocycles. The molecule has 0 aliphatic carbocycles. The fraction of sp³-hybridized carbons (Fsp3) is 0.619. The Kier molecular flexibility index (Phi) is 6.72. The van der Waals surface area contributed by atoms with Gasteiger partial charge in [-0.1, -0.05) is 13.0 Å². The monoisotopic (exact) mass is 373 g/mol. The maximum atomic E-state index is 12.5. The number of carbonyl (C=O) groups is 2. The van der Waals surface area contributed by atoms with Gasteiger partial charge in [0.1, 0.15) is 5.75 Å². The molecule has 3 rings (SSSR count). The van der Waals surface area contributed by atoms with Crippen molar-refractivity contribution in [1.29, 1.82) is 0 Å². The largest absolute Gasteiger partial charge is 0.497 e. The van der Waals surface area contributed by atoms with Crippen LogP contribution in [0.15, 0.2) is 24.3 Å². The van der Waals surface area contributed by atoms with Crippen LogP contribution in [0.1, 0.15) is 32.6 Å². The average molecular weight is 373 g/mol. The Balaban J connectivity index is 1.43. The molecule has 1 aromatic carbocycles. The molecule has 0 bridgehead atoms. The number of likely N-dealkylation sites (tertiary alicyclic amines) is 1. The molecule has 2 fully saturated rings. The second-order valence-corrected chi connectivity index (χ2v) is 7.80. The minimum atomic E-state index is -0.279. The quantitative estimate of drug-likeness (QED) is 0.745. The molecule has 2 aliphatic heterocycles. The third-order valence-corrected chi connectivity index (χ3v) is 5.55. The minimum absolute atomic E-state index is 0.00860. The normalized spacial score (nSPS) is 23.5. The summed E-state index contributed by atoms with van der Waals surface area (Å²) in [4.78, 5) is 29.0. The number of benzene rings is 1. The Morgan fingerprint density at radius 1 is 1.33 bits per heavy atom. The van der Waals surface area contributed by atoms with Crippen molar-refractivity contribution in [2.24, 2.45) is 11.8 Å². The van der Waals surface area contributed by atoms with Crippen molar-refractivity contribution in [2.75, 3.05) is 44.7 Å². The molecule has 1 N–H and O–H groups in total. The van der Waals surface area contributed by atoms with Gasteiger partial charge in [-0.3, -0.25) is 9.59 Å². The van der Waals surface area contributed by atoms with Crippen LogP contribution in [0.25, 0.3) is 0 Å². The molecule has 6 heteroatoms. The lowest BCUT2D eigenvalue weighted by Gasteiger charge is -2.30. The van der Waals surface area contributed by atoms with Crippen molar-refractivity contribution in [3.63, 3.8) is 0 Å². The Morgan fingerprint density at radius 3 is 2.96 bits per heavy atom. The number of nitrogens with zero attached hydrogens (tertiary/aromatic N) is 2. The zero-order valence-electron chi connectivity index (χ0n) is 16.4. The summed E-state index contributed by atoms with van der Waals surface area (Å²) in [7, 11) is 1.60. The summed E-state index contributed by atoms with van der Waals surface area (Å²) >= 11 is 0. The Morgan fingerprint density at radius 2 is 2.19 bits per heavy atom. The first-order valence-corrected chi connectivity index (χ1v) is 10.0. The van der Waals surface area contributed by atoms with E-state index >= 15 is 0 Å². The number of piperidine rings is 1. The van der Waals surface area contributed by atoms with Crippen molar-refractivity contribution < 1.29 is 14.3 Å². The lowest BCUT2D eigenvalue weighted by atomic mass is 10.0. The molecule has 148 valence electrons. The van der Waals surface area contributed by atoms with Gasteiger partial charge in [-0.25, -0.2) is 0 Å². The van der Waals surface area contributed by atoms with Crippen molar-refractivity contribution in [2.45, 2.75) is 32.6 Å². The van der Waals surface area contributed by atoms with Crippen LogP contribution in [0, 0.1) is 11.8 Å². The number of carbonyl (C=O) groups excluding carboxylic acids is 2. The van der Waals surface area contributed by atoms with Gasteiger partial charge in [0, 0.05) is 37.8 Å². The number of hydrogen-bond donors (Lipinski definition) is 1. The molecular formula is C21H31N3O3. The van der Waals surface area contributed by atoms with E-state index in [9.17, 15) is 9.59 Å². The molecule has 2 heterocycles. The van der Waals surface area contributed by atoms with Crippen LogP contribution in [0.4, 0.5) is 5.69 Å². The van der Waals surface area contributed by atoms with Gasteiger partial charge in [0.2, 0.25) is 11.8 Å². The predicted molar refractivity (Wildman–Crippen MR) is 106 cm³/mol. The van der Waals surface area contributed by atoms with E-state index in [1.807, 2.05) is 24.3 Å². The van der Waals surface area contributed by atoms with Gasteiger partial charge >= 0.3 is 0 Å². The van der Waals surface area contributed by atoms with Crippen molar-refractivity contribution >= 4 is 17.5 Å². The van der Waals surface area contributed by atoms with Gasteiger partial charge in [-0.2, -0.15) is 0 Å². The maximum Gasteiger partial charge on any atom is 0.227 e. The third kappa shape index (κ3) is 5.22. The summed E-state index contributed by atoms with van der Waals surface area (Å²) in [6.45, 7) is 6.78. The van der Waals surface area contributed by atoms with E-state index in [4.69, 9.17) is 4.74 Å². The van der Waals surface area contributed by atoms with Crippen molar-refractivity contribution in [1.82, 2.24) is 10.2 Å². The Bertz CT molecular complexity index is 664. The fourth-order valence-electron chi connectivity index (χ4n) is 4.06. The summed E-state index contributed by atoms with van der Waals surface area (Å²) in [6.07, 6.45) is 3.83. The van der Waals surface area contributed by atoms with E-state index in [-0.39, 0.29) is 24.2 Å². The standard InChI is InChI=1S/C21H31N3O3/c1-16-6-4-10-23(14-16)11-5-9-22-21(26)17-12-20(25)24(15-17)18-7-3-8-19(13-18)27-2/h3,7-8,13,16-17H,4-6,9-12,14-15H2,1-2H3,(H,22,26)/t16-,17+/m0/s1. The first kappa shape index (κ1) is 19.7. The smallest absolute Gasteiger partial charge is 0.227 e. The molecule has 0 spiro atoms. The summed E-state index contributed by atoms with van der Waals surface area (Å²) in [5.41, 5.74) is 0.786. The van der Waals surface area contributed by atoms with E-state index in [1.165, 1.54) is 25.9 Å². The van der Waals surface area contributed by atoms with Crippen LogP contribution in [0.2, 0.25) is 0 Å². The number of anilines is 1. The molecule has 1 aromatic rings. The Hall–Kier alpha value is -2.08. The number of ether oxygens (including phenoxy) is 1. The average Bonchev–Trinajstić information content (AvgIpc) is 3.07. The molecule has 6 nitrogen and oxygen atoms in total. The summed E-state index contributed by atoms with van der Waals surface area (Å²) in [6, 6.07) is 7.41. The highest BCUT2D eigenvalue weighted by Gasteiger charge is 2.35. The van der Waals surface area contributed by atoms with E-state index in [0.717, 1.165) is 24.6 Å². The highest BCUT2D eigenvalue weighted by Crippen LogP contribution is 2.28. The molecule has 0 saturated carbocycles. The van der Waals surface area contributed by atoms with Gasteiger partial charge < -0.3 is 19.9 Å². The van der Waals surface area contributed by atoms with E-state index < -0.39 is 0 Å². The van der Waals surface area contributed by atoms with Crippen molar-refractivity contribution in [3.05, 3.63) is 24.3 Å². The van der Waals surface area contributed by atoms with Crippen molar-refractivity contribution in [3.8, 4) is 5.75 Å². The number of rotatable bonds is 7. The van der Waals surface area contributed by atoms with Crippen LogP contribution in [-0.4, -0.2) is 56.5 Å². The van der Waals surface area contributed by atoms with Gasteiger partial charge in [0.15, 0.2) is 0 Å². The SMILES string of the molecule is COc1cccc(N2C[C@H](C(=O)NCCCN3CCC[C@H](C)C3)CC2=O)c1. The van der Waals surface area contributed by atoms with E-state index in [2.05, 4.69) is 17.1 Å². The van der Waals surface area contributed by atoms with Crippen LogP contribution < -0.4 is 15.0 Å². The molecule has 0 unspecified atom stereocenters. The molecule has 2 amide bonds. The second kappa shape index (κ2) is 9.22. The van der Waals surface area contributed by atoms with Gasteiger partial charge in [-0.15, -0.1) is 0 Å². The minimum Gasteiger partial charge on any atom is -0.497 e. The van der Waals surface area contributed by atoms with Gasteiger partial charge in [-0.05, 0) is 50.4 Å².